The van der Waals surface area contributed by atoms with Gasteiger partial charge in [-0.1, -0.05) is 6.92 Å². The maximum absolute atomic E-state index is 12.3. The number of carbonyl (C=O) groups excluding carboxylic acids is 2. The third-order valence-electron chi connectivity index (χ3n) is 4.03. The molecule has 0 fully saturated rings. The van der Waals surface area contributed by atoms with Gasteiger partial charge in [-0.2, -0.15) is 0 Å². The van der Waals surface area contributed by atoms with Crippen molar-refractivity contribution in [2.45, 2.75) is 26.2 Å². The molecular weight excluding hydrogens is 314 g/mol. The summed E-state index contributed by atoms with van der Waals surface area (Å²) in [6.45, 7) is 2.17. The smallest absolute Gasteiger partial charge is 0.257 e. The van der Waals surface area contributed by atoms with Gasteiger partial charge in [0.25, 0.3) is 11.8 Å². The molecular formula is C16H17N3O3S. The number of nitrogens with one attached hydrogen (secondary N) is 2. The van der Waals surface area contributed by atoms with E-state index in [0.717, 1.165) is 29.7 Å². The number of H-pyrrole nitrogens is 1. The van der Waals surface area contributed by atoms with Crippen LogP contribution in [0, 0.1) is 5.92 Å². The highest BCUT2D eigenvalue weighted by molar-refractivity contribution is 7.17. The average molecular weight is 331 g/mol. The maximum atomic E-state index is 12.3. The number of aromatic amines is 1. The molecule has 0 spiro atoms. The fourth-order valence-electron chi connectivity index (χ4n) is 2.83. The lowest BCUT2D eigenvalue weighted by Crippen LogP contribution is -2.19. The zero-order chi connectivity index (χ0) is 16.6. The Labute approximate surface area is 136 Å². The van der Waals surface area contributed by atoms with Crippen LogP contribution < -0.4 is 16.6 Å². The average Bonchev–Trinajstić information content (AvgIpc) is 2.84. The molecule has 3 rings (SSSR count). The minimum absolute atomic E-state index is 0.278. The lowest BCUT2D eigenvalue weighted by Gasteiger charge is -2.18. The fourth-order valence-corrected chi connectivity index (χ4v) is 4.24. The Morgan fingerprint density at radius 1 is 1.39 bits per heavy atom. The Balaban J connectivity index is 1.93. The fraction of sp³-hybridized carbons (Fsp3) is 0.312. The van der Waals surface area contributed by atoms with Crippen molar-refractivity contribution >= 4 is 28.2 Å². The van der Waals surface area contributed by atoms with E-state index < -0.39 is 5.91 Å². The van der Waals surface area contributed by atoms with Crippen LogP contribution in [0.25, 0.3) is 0 Å². The van der Waals surface area contributed by atoms with E-state index in [4.69, 9.17) is 5.73 Å². The molecule has 4 N–H and O–H groups in total. The van der Waals surface area contributed by atoms with Gasteiger partial charge in [0.15, 0.2) is 0 Å². The number of hydrogen-bond donors (Lipinski definition) is 3. The molecule has 0 saturated carbocycles. The van der Waals surface area contributed by atoms with Crippen LogP contribution >= 0.6 is 11.3 Å². The summed E-state index contributed by atoms with van der Waals surface area (Å²) in [5.41, 5.74) is 6.96. The molecule has 1 atom stereocenters. The van der Waals surface area contributed by atoms with Gasteiger partial charge in [0.1, 0.15) is 5.00 Å². The number of nitrogens with two attached hydrogens (primary N) is 1. The number of fused-ring (bicyclic) bond motifs is 1. The summed E-state index contributed by atoms with van der Waals surface area (Å²) in [5.74, 6) is -0.339. The molecule has 2 aromatic heterocycles. The second-order valence-corrected chi connectivity index (χ2v) is 6.92. The maximum Gasteiger partial charge on any atom is 0.257 e. The van der Waals surface area contributed by atoms with Crippen molar-refractivity contribution < 1.29 is 9.59 Å². The highest BCUT2D eigenvalue weighted by Crippen LogP contribution is 2.39. The summed E-state index contributed by atoms with van der Waals surface area (Å²) >= 11 is 1.42. The van der Waals surface area contributed by atoms with Crippen molar-refractivity contribution in [3.63, 3.8) is 0 Å². The molecule has 7 heteroatoms. The van der Waals surface area contributed by atoms with Crippen molar-refractivity contribution in [2.24, 2.45) is 11.7 Å². The van der Waals surface area contributed by atoms with E-state index in [2.05, 4.69) is 17.2 Å². The Kier molecular flexibility index (Phi) is 4.04. The van der Waals surface area contributed by atoms with Crippen molar-refractivity contribution in [1.29, 1.82) is 0 Å². The van der Waals surface area contributed by atoms with Gasteiger partial charge in [0.2, 0.25) is 5.56 Å². The molecule has 1 unspecified atom stereocenters. The molecule has 0 bridgehead atoms. The van der Waals surface area contributed by atoms with E-state index in [1.807, 2.05) is 0 Å². The Hall–Kier alpha value is -2.41. The molecule has 0 saturated heterocycles. The van der Waals surface area contributed by atoms with Gasteiger partial charge in [-0.05, 0) is 36.8 Å². The quantitative estimate of drug-likeness (QED) is 0.800. The van der Waals surface area contributed by atoms with E-state index >= 15 is 0 Å². The molecule has 0 aromatic carbocycles. The molecule has 0 radical (unpaired) electrons. The zero-order valence-electron chi connectivity index (χ0n) is 12.6. The number of amides is 2. The van der Waals surface area contributed by atoms with E-state index in [1.54, 1.807) is 0 Å². The molecule has 2 heterocycles. The standard InChI is InChI=1S/C16H17N3O3S/c1-8-2-4-10-11(6-8)23-16(13(10)14(17)21)19-15(22)9-3-5-12(20)18-7-9/h3,5,7-8H,2,4,6H2,1H3,(H2,17,21)(H,18,20)(H,19,22). The first kappa shape index (κ1) is 15.5. The van der Waals surface area contributed by atoms with Crippen molar-refractivity contribution in [1.82, 2.24) is 4.98 Å². The number of rotatable bonds is 3. The summed E-state index contributed by atoms with van der Waals surface area (Å²) in [4.78, 5) is 38.8. The molecule has 1 aliphatic carbocycles. The van der Waals surface area contributed by atoms with Gasteiger partial charge in [0, 0.05) is 17.1 Å². The summed E-state index contributed by atoms with van der Waals surface area (Å²) in [7, 11) is 0. The lowest BCUT2D eigenvalue weighted by molar-refractivity contribution is 0.1000. The second kappa shape index (κ2) is 6.00. The van der Waals surface area contributed by atoms with Crippen LogP contribution in [0.5, 0.6) is 0 Å². The topological polar surface area (TPSA) is 105 Å². The van der Waals surface area contributed by atoms with Crippen LogP contribution in [-0.4, -0.2) is 16.8 Å². The molecule has 1 aliphatic rings. The largest absolute Gasteiger partial charge is 0.365 e. The normalized spacial score (nSPS) is 16.7. The number of aromatic nitrogens is 1. The van der Waals surface area contributed by atoms with Gasteiger partial charge in [-0.25, -0.2) is 0 Å². The van der Waals surface area contributed by atoms with E-state index in [1.165, 1.54) is 29.7 Å². The minimum Gasteiger partial charge on any atom is -0.365 e. The SMILES string of the molecule is CC1CCc2c(sc(NC(=O)c3ccc(=O)[nH]c3)c2C(N)=O)C1. The van der Waals surface area contributed by atoms with E-state index in [-0.39, 0.29) is 11.5 Å². The lowest BCUT2D eigenvalue weighted by atomic mass is 9.88. The number of pyridine rings is 1. The van der Waals surface area contributed by atoms with Crippen molar-refractivity contribution in [3.8, 4) is 0 Å². The monoisotopic (exact) mass is 331 g/mol. The molecule has 0 aliphatic heterocycles. The van der Waals surface area contributed by atoms with Crippen LogP contribution in [0.3, 0.4) is 0 Å². The summed E-state index contributed by atoms with van der Waals surface area (Å²) < 4.78 is 0. The molecule has 2 aromatic rings. The predicted molar refractivity (Wildman–Crippen MR) is 89.0 cm³/mol. The summed E-state index contributed by atoms with van der Waals surface area (Å²) in [6, 6.07) is 2.72. The Morgan fingerprint density at radius 2 is 2.17 bits per heavy atom. The van der Waals surface area contributed by atoms with Crippen LogP contribution in [0.1, 0.15) is 44.5 Å². The van der Waals surface area contributed by atoms with E-state index in [9.17, 15) is 14.4 Å². The Morgan fingerprint density at radius 3 is 2.83 bits per heavy atom. The highest BCUT2D eigenvalue weighted by atomic mass is 32.1. The Bertz CT molecular complexity index is 817. The summed E-state index contributed by atoms with van der Waals surface area (Å²) in [6.07, 6.45) is 4.06. The molecule has 120 valence electrons. The minimum atomic E-state index is -0.520. The highest BCUT2D eigenvalue weighted by Gasteiger charge is 2.27. The van der Waals surface area contributed by atoms with Crippen LogP contribution in [0.4, 0.5) is 5.00 Å². The molecule has 2 amide bonds. The number of carbonyl (C=O) groups is 2. The van der Waals surface area contributed by atoms with Gasteiger partial charge in [-0.15, -0.1) is 11.3 Å². The number of anilines is 1. The van der Waals surface area contributed by atoms with Gasteiger partial charge in [0.05, 0.1) is 11.1 Å². The van der Waals surface area contributed by atoms with Crippen molar-refractivity contribution in [2.75, 3.05) is 5.32 Å². The van der Waals surface area contributed by atoms with E-state index in [0.29, 0.717) is 22.0 Å². The number of primary amides is 1. The second-order valence-electron chi connectivity index (χ2n) is 5.82. The first-order valence-corrected chi connectivity index (χ1v) is 8.21. The van der Waals surface area contributed by atoms with Crippen molar-refractivity contribution in [3.05, 3.63) is 50.3 Å². The first-order chi connectivity index (χ1) is 11.0. The van der Waals surface area contributed by atoms with Crippen LogP contribution in [0.2, 0.25) is 0 Å². The molecule has 23 heavy (non-hydrogen) atoms. The molecule has 6 nitrogen and oxygen atoms in total. The number of thiophene rings is 1. The van der Waals surface area contributed by atoms with Gasteiger partial charge < -0.3 is 16.0 Å². The first-order valence-electron chi connectivity index (χ1n) is 7.40. The zero-order valence-corrected chi connectivity index (χ0v) is 13.5. The van der Waals surface area contributed by atoms with Gasteiger partial charge >= 0.3 is 0 Å². The van der Waals surface area contributed by atoms with Crippen LogP contribution in [-0.2, 0) is 12.8 Å². The van der Waals surface area contributed by atoms with Gasteiger partial charge in [-0.3, -0.25) is 14.4 Å². The third kappa shape index (κ3) is 3.05. The number of hydrogen-bond acceptors (Lipinski definition) is 4. The predicted octanol–water partition coefficient (Wildman–Crippen LogP) is 1.91. The van der Waals surface area contributed by atoms with Crippen LogP contribution in [0.15, 0.2) is 23.1 Å². The third-order valence-corrected chi connectivity index (χ3v) is 5.20. The summed E-state index contributed by atoms with van der Waals surface area (Å²) in [5, 5.41) is 3.25.